The fourth-order valence-electron chi connectivity index (χ4n) is 2.71. The topological polar surface area (TPSA) is 24.5 Å². The van der Waals surface area contributed by atoms with Crippen molar-refractivity contribution in [3.8, 4) is 0 Å². The van der Waals surface area contributed by atoms with Gasteiger partial charge in [-0.25, -0.2) is 0 Å². The lowest BCUT2D eigenvalue weighted by atomic mass is 10.0. The van der Waals surface area contributed by atoms with Crippen molar-refractivity contribution in [2.75, 3.05) is 32.1 Å². The molecule has 1 aliphatic rings. The second kappa shape index (κ2) is 6.21. The molecule has 0 amide bonds. The number of hydrogen-bond donors (Lipinski definition) is 1. The smallest absolute Gasteiger partial charge is 0.0718 e. The normalized spacial score (nSPS) is 21.3. The lowest BCUT2D eigenvalue weighted by molar-refractivity contribution is 0.123. The van der Waals surface area contributed by atoms with Gasteiger partial charge in [-0.3, -0.25) is 0 Å². The summed E-state index contributed by atoms with van der Waals surface area (Å²) in [6, 6.07) is 9.21. The number of anilines is 1. The summed E-state index contributed by atoms with van der Waals surface area (Å²) in [7, 11) is 3.83. The lowest BCUT2D eigenvalue weighted by Crippen LogP contribution is -2.32. The molecule has 1 aromatic rings. The molecule has 2 rings (SSSR count). The van der Waals surface area contributed by atoms with Crippen molar-refractivity contribution >= 4 is 5.69 Å². The third kappa shape index (κ3) is 2.85. The third-order valence-corrected chi connectivity index (χ3v) is 3.80. The molecule has 0 aromatic heterocycles. The fraction of sp³-hybridized carbons (Fsp3) is 0.600. The van der Waals surface area contributed by atoms with Crippen LogP contribution in [-0.4, -0.2) is 33.4 Å². The molecule has 3 nitrogen and oxygen atoms in total. The van der Waals surface area contributed by atoms with Gasteiger partial charge in [0.05, 0.1) is 6.10 Å². The number of methoxy groups -OCH3 is 1. The number of rotatable bonds is 4. The van der Waals surface area contributed by atoms with E-state index in [9.17, 15) is 0 Å². The summed E-state index contributed by atoms with van der Waals surface area (Å²) in [5.74, 6) is 0. The van der Waals surface area contributed by atoms with Gasteiger partial charge in [0.1, 0.15) is 0 Å². The van der Waals surface area contributed by atoms with Crippen molar-refractivity contribution in [3.63, 3.8) is 0 Å². The molecule has 0 radical (unpaired) electrons. The van der Waals surface area contributed by atoms with Crippen LogP contribution in [0.2, 0.25) is 0 Å². The van der Waals surface area contributed by atoms with Gasteiger partial charge >= 0.3 is 0 Å². The largest absolute Gasteiger partial charge is 0.380 e. The molecule has 1 aromatic carbocycles. The van der Waals surface area contributed by atoms with Crippen molar-refractivity contribution in [2.24, 2.45) is 0 Å². The Balaban J connectivity index is 2.27. The molecule has 1 aliphatic heterocycles. The zero-order valence-corrected chi connectivity index (χ0v) is 11.6. The maximum absolute atomic E-state index is 5.40. The average molecular weight is 248 g/mol. The van der Waals surface area contributed by atoms with Gasteiger partial charge in [0, 0.05) is 31.9 Å². The van der Waals surface area contributed by atoms with E-state index in [2.05, 4.69) is 48.5 Å². The van der Waals surface area contributed by atoms with Gasteiger partial charge in [-0.2, -0.15) is 0 Å². The standard InChI is InChI=1S/C15H24N2O/c1-12(18-3)11-17-10-6-8-14(16-2)13-7-4-5-9-15(13)17/h4-5,7,9,12,14,16H,6,8,10-11H2,1-3H3. The average Bonchev–Trinajstić information content (AvgIpc) is 2.58. The van der Waals surface area contributed by atoms with Crippen molar-refractivity contribution in [1.29, 1.82) is 0 Å². The quantitative estimate of drug-likeness (QED) is 0.886. The molecule has 2 atom stereocenters. The number of benzene rings is 1. The highest BCUT2D eigenvalue weighted by atomic mass is 16.5. The molecule has 0 fully saturated rings. The SMILES string of the molecule is CNC1CCCN(CC(C)OC)c2ccccc21. The third-order valence-electron chi connectivity index (χ3n) is 3.80. The Labute approximate surface area is 110 Å². The van der Waals surface area contributed by atoms with Crippen LogP contribution in [0.25, 0.3) is 0 Å². The molecular formula is C15H24N2O. The van der Waals surface area contributed by atoms with Gasteiger partial charge < -0.3 is 15.0 Å². The Morgan fingerprint density at radius 1 is 1.44 bits per heavy atom. The number of nitrogens with zero attached hydrogens (tertiary/aromatic N) is 1. The summed E-state index contributed by atoms with van der Waals surface area (Å²) in [4.78, 5) is 2.46. The first-order chi connectivity index (χ1) is 8.76. The molecular weight excluding hydrogens is 224 g/mol. The van der Waals surface area contributed by atoms with Crippen LogP contribution in [0.5, 0.6) is 0 Å². The number of fused-ring (bicyclic) bond motifs is 1. The second-order valence-corrected chi connectivity index (χ2v) is 5.03. The van der Waals surface area contributed by atoms with E-state index in [1.165, 1.54) is 24.1 Å². The van der Waals surface area contributed by atoms with Gasteiger partial charge in [0.25, 0.3) is 0 Å². The summed E-state index contributed by atoms with van der Waals surface area (Å²) < 4.78 is 5.40. The Morgan fingerprint density at radius 3 is 2.94 bits per heavy atom. The molecule has 100 valence electrons. The Hall–Kier alpha value is -1.06. The molecule has 0 bridgehead atoms. The molecule has 0 spiro atoms. The van der Waals surface area contributed by atoms with Crippen molar-refractivity contribution in [2.45, 2.75) is 31.9 Å². The van der Waals surface area contributed by atoms with Crippen molar-refractivity contribution in [1.82, 2.24) is 5.32 Å². The number of ether oxygens (including phenoxy) is 1. The first kappa shape index (κ1) is 13.4. The van der Waals surface area contributed by atoms with Crippen LogP contribution < -0.4 is 10.2 Å². The van der Waals surface area contributed by atoms with E-state index in [1.807, 2.05) is 0 Å². The Morgan fingerprint density at radius 2 is 2.22 bits per heavy atom. The molecule has 0 aliphatic carbocycles. The van der Waals surface area contributed by atoms with Crippen LogP contribution in [0.3, 0.4) is 0 Å². The van der Waals surface area contributed by atoms with Gasteiger partial charge in [0.2, 0.25) is 0 Å². The van der Waals surface area contributed by atoms with E-state index < -0.39 is 0 Å². The van der Waals surface area contributed by atoms with Crippen LogP contribution in [-0.2, 0) is 4.74 Å². The molecule has 0 saturated heterocycles. The van der Waals surface area contributed by atoms with E-state index in [4.69, 9.17) is 4.74 Å². The Kier molecular flexibility index (Phi) is 4.61. The minimum absolute atomic E-state index is 0.268. The van der Waals surface area contributed by atoms with E-state index in [0.29, 0.717) is 6.04 Å². The summed E-state index contributed by atoms with van der Waals surface area (Å²) in [6.45, 7) is 4.20. The zero-order chi connectivity index (χ0) is 13.0. The molecule has 3 heteroatoms. The first-order valence-corrected chi connectivity index (χ1v) is 6.80. The van der Waals surface area contributed by atoms with Gasteiger partial charge in [-0.1, -0.05) is 18.2 Å². The maximum Gasteiger partial charge on any atom is 0.0718 e. The monoisotopic (exact) mass is 248 g/mol. The van der Waals surface area contributed by atoms with Crippen LogP contribution in [0, 0.1) is 0 Å². The first-order valence-electron chi connectivity index (χ1n) is 6.80. The van der Waals surface area contributed by atoms with Crippen LogP contribution >= 0.6 is 0 Å². The molecule has 1 N–H and O–H groups in total. The second-order valence-electron chi connectivity index (χ2n) is 5.03. The van der Waals surface area contributed by atoms with Crippen LogP contribution in [0.1, 0.15) is 31.4 Å². The van der Waals surface area contributed by atoms with Gasteiger partial charge in [0.15, 0.2) is 0 Å². The maximum atomic E-state index is 5.40. The molecule has 1 heterocycles. The van der Waals surface area contributed by atoms with Crippen molar-refractivity contribution in [3.05, 3.63) is 29.8 Å². The molecule has 18 heavy (non-hydrogen) atoms. The summed E-state index contributed by atoms with van der Waals surface area (Å²) in [6.07, 6.45) is 2.69. The summed E-state index contributed by atoms with van der Waals surface area (Å²) in [5, 5.41) is 3.43. The molecule has 2 unspecified atom stereocenters. The van der Waals surface area contributed by atoms with Gasteiger partial charge in [-0.05, 0) is 38.4 Å². The van der Waals surface area contributed by atoms with Crippen molar-refractivity contribution < 1.29 is 4.74 Å². The highest BCUT2D eigenvalue weighted by Gasteiger charge is 2.22. The summed E-state index contributed by atoms with van der Waals surface area (Å²) >= 11 is 0. The number of hydrogen-bond acceptors (Lipinski definition) is 3. The van der Waals surface area contributed by atoms with Gasteiger partial charge in [-0.15, -0.1) is 0 Å². The zero-order valence-electron chi connectivity index (χ0n) is 11.6. The highest BCUT2D eigenvalue weighted by molar-refractivity contribution is 5.56. The summed E-state index contributed by atoms with van der Waals surface area (Å²) in [5.41, 5.74) is 2.78. The van der Waals surface area contributed by atoms with E-state index >= 15 is 0 Å². The van der Waals surface area contributed by atoms with E-state index in [0.717, 1.165) is 13.1 Å². The number of nitrogens with one attached hydrogen (secondary N) is 1. The fourth-order valence-corrected chi connectivity index (χ4v) is 2.71. The van der Waals surface area contributed by atoms with E-state index in [1.54, 1.807) is 7.11 Å². The minimum atomic E-state index is 0.268. The molecule has 0 saturated carbocycles. The Bertz CT molecular complexity index is 381. The number of para-hydroxylation sites is 1. The predicted octanol–water partition coefficient (Wildman–Crippen LogP) is 2.58. The van der Waals surface area contributed by atoms with E-state index in [-0.39, 0.29) is 6.10 Å². The minimum Gasteiger partial charge on any atom is -0.380 e. The lowest BCUT2D eigenvalue weighted by Gasteiger charge is -2.28. The van der Waals surface area contributed by atoms with Crippen LogP contribution in [0.15, 0.2) is 24.3 Å². The predicted molar refractivity (Wildman–Crippen MR) is 76.2 cm³/mol. The van der Waals surface area contributed by atoms with Crippen LogP contribution in [0.4, 0.5) is 5.69 Å². The highest BCUT2D eigenvalue weighted by Crippen LogP contribution is 2.32.